The van der Waals surface area contributed by atoms with Crippen LogP contribution in [0.5, 0.6) is 0 Å². The maximum Gasteiger partial charge on any atom is 0.264 e. The van der Waals surface area contributed by atoms with Gasteiger partial charge in [-0.2, -0.15) is 0 Å². The lowest BCUT2D eigenvalue weighted by Gasteiger charge is -2.34. The number of carbonyl (C=O) groups is 2. The third kappa shape index (κ3) is 8.67. The number of hydrogen-bond donors (Lipinski definition) is 1. The largest absolute Gasteiger partial charge is 0.354 e. The molecule has 43 heavy (non-hydrogen) atoms. The minimum Gasteiger partial charge on any atom is -0.354 e. The molecular weight excluding hydrogens is 673 g/mol. The molecule has 0 saturated heterocycles. The highest BCUT2D eigenvalue weighted by molar-refractivity contribution is 14.1. The Labute approximate surface area is 268 Å². The molecule has 0 bridgehead atoms. The van der Waals surface area contributed by atoms with Gasteiger partial charge in [0.1, 0.15) is 12.6 Å². The number of carbonyl (C=O) groups excluding carboxylic acids is 2. The highest BCUT2D eigenvalue weighted by atomic mass is 127. The van der Waals surface area contributed by atoms with Gasteiger partial charge in [-0.05, 0) is 83.5 Å². The molecule has 0 saturated carbocycles. The van der Waals surface area contributed by atoms with Crippen molar-refractivity contribution < 1.29 is 18.0 Å². The van der Waals surface area contributed by atoms with E-state index in [4.69, 9.17) is 0 Å². The van der Waals surface area contributed by atoms with Gasteiger partial charge in [0, 0.05) is 23.1 Å². The summed E-state index contributed by atoms with van der Waals surface area (Å²) in [5, 5.41) is 2.96. The Kier molecular flexibility index (Phi) is 11.4. The average Bonchev–Trinajstić information content (AvgIpc) is 3.02. The number of halogens is 1. The zero-order valence-corrected chi connectivity index (χ0v) is 27.3. The highest BCUT2D eigenvalue weighted by Crippen LogP contribution is 2.26. The van der Waals surface area contributed by atoms with Crippen molar-refractivity contribution >= 4 is 50.1 Å². The van der Waals surface area contributed by atoms with Crippen LogP contribution in [0.3, 0.4) is 0 Å². The zero-order valence-electron chi connectivity index (χ0n) is 24.3. The minimum atomic E-state index is -4.11. The van der Waals surface area contributed by atoms with Gasteiger partial charge in [0.2, 0.25) is 11.8 Å². The van der Waals surface area contributed by atoms with Crippen molar-refractivity contribution in [1.82, 2.24) is 10.2 Å². The molecule has 0 aliphatic carbocycles. The van der Waals surface area contributed by atoms with E-state index in [1.807, 2.05) is 68.4 Å². The maximum atomic E-state index is 14.4. The summed E-state index contributed by atoms with van der Waals surface area (Å²) in [6, 6.07) is 31.5. The number of rotatable bonds is 13. The Morgan fingerprint density at radius 1 is 0.814 bits per heavy atom. The van der Waals surface area contributed by atoms with Gasteiger partial charge in [-0.3, -0.25) is 13.9 Å². The summed E-state index contributed by atoms with van der Waals surface area (Å²) >= 11 is 2.15. The number of amides is 2. The molecule has 4 rings (SSSR count). The number of aryl methyl sites for hydroxylation is 1. The summed E-state index contributed by atoms with van der Waals surface area (Å²) in [5.41, 5.74) is 3.17. The Bertz CT molecular complexity index is 1600. The van der Waals surface area contributed by atoms with Crippen molar-refractivity contribution in [2.24, 2.45) is 0 Å². The molecule has 0 aromatic heterocycles. The topological polar surface area (TPSA) is 86.8 Å². The van der Waals surface area contributed by atoms with E-state index < -0.39 is 28.5 Å². The molecule has 0 aliphatic heterocycles. The van der Waals surface area contributed by atoms with Gasteiger partial charge in [0.05, 0.1) is 10.6 Å². The Morgan fingerprint density at radius 3 is 2.02 bits per heavy atom. The van der Waals surface area contributed by atoms with E-state index in [9.17, 15) is 18.0 Å². The van der Waals surface area contributed by atoms with Crippen molar-refractivity contribution in [3.63, 3.8) is 0 Å². The summed E-state index contributed by atoms with van der Waals surface area (Å²) < 4.78 is 30.0. The first-order valence-corrected chi connectivity index (χ1v) is 16.7. The predicted molar refractivity (Wildman–Crippen MR) is 179 cm³/mol. The molecule has 1 N–H and O–H groups in total. The number of sulfonamides is 1. The molecule has 1 atom stereocenters. The molecular formula is C34H36IN3O4S. The van der Waals surface area contributed by atoms with Gasteiger partial charge >= 0.3 is 0 Å². The number of anilines is 1. The van der Waals surface area contributed by atoms with Crippen LogP contribution in [0.1, 0.15) is 30.0 Å². The monoisotopic (exact) mass is 709 g/mol. The van der Waals surface area contributed by atoms with Crippen molar-refractivity contribution in [2.45, 2.75) is 44.2 Å². The zero-order chi connectivity index (χ0) is 30.8. The first-order chi connectivity index (χ1) is 20.7. The third-order valence-electron chi connectivity index (χ3n) is 7.02. The number of nitrogens with one attached hydrogen (secondary N) is 1. The molecule has 2 amide bonds. The van der Waals surface area contributed by atoms with Crippen LogP contribution in [0.15, 0.2) is 114 Å². The second-order valence-electron chi connectivity index (χ2n) is 10.3. The van der Waals surface area contributed by atoms with Gasteiger partial charge in [-0.1, -0.05) is 85.3 Å². The van der Waals surface area contributed by atoms with Crippen LogP contribution in [0.25, 0.3) is 0 Å². The lowest BCUT2D eigenvalue weighted by atomic mass is 10.0. The minimum absolute atomic E-state index is 0.0768. The fraction of sp³-hybridized carbons (Fsp3) is 0.235. The van der Waals surface area contributed by atoms with E-state index in [1.165, 1.54) is 17.0 Å². The van der Waals surface area contributed by atoms with Crippen LogP contribution in [0.4, 0.5) is 5.69 Å². The van der Waals surface area contributed by atoms with Gasteiger partial charge < -0.3 is 10.2 Å². The van der Waals surface area contributed by atoms with Crippen LogP contribution < -0.4 is 9.62 Å². The smallest absolute Gasteiger partial charge is 0.264 e. The van der Waals surface area contributed by atoms with Crippen molar-refractivity contribution in [3.8, 4) is 0 Å². The first kappa shape index (κ1) is 32.2. The molecule has 0 spiro atoms. The van der Waals surface area contributed by atoms with Gasteiger partial charge in [-0.25, -0.2) is 8.42 Å². The second kappa shape index (κ2) is 15.2. The Balaban J connectivity index is 1.78. The van der Waals surface area contributed by atoms with Crippen LogP contribution >= 0.6 is 22.6 Å². The van der Waals surface area contributed by atoms with E-state index in [0.717, 1.165) is 31.0 Å². The Hall–Kier alpha value is -3.70. The van der Waals surface area contributed by atoms with Gasteiger partial charge in [0.15, 0.2) is 0 Å². The number of benzene rings is 4. The van der Waals surface area contributed by atoms with Crippen molar-refractivity contribution in [1.29, 1.82) is 0 Å². The lowest BCUT2D eigenvalue weighted by Crippen LogP contribution is -2.53. The molecule has 0 fully saturated rings. The molecule has 0 heterocycles. The summed E-state index contributed by atoms with van der Waals surface area (Å²) in [6.07, 6.45) is 1.02. The third-order valence-corrected chi connectivity index (χ3v) is 9.53. The molecule has 224 valence electrons. The van der Waals surface area contributed by atoms with E-state index in [2.05, 4.69) is 27.9 Å². The summed E-state index contributed by atoms with van der Waals surface area (Å²) in [6.45, 7) is 4.08. The molecule has 4 aromatic rings. The van der Waals surface area contributed by atoms with Crippen LogP contribution in [0.2, 0.25) is 0 Å². The van der Waals surface area contributed by atoms with Crippen LogP contribution in [0, 0.1) is 10.5 Å². The average molecular weight is 710 g/mol. The molecule has 0 unspecified atom stereocenters. The Morgan fingerprint density at radius 2 is 1.42 bits per heavy atom. The fourth-order valence-corrected chi connectivity index (χ4v) is 6.46. The highest BCUT2D eigenvalue weighted by Gasteiger charge is 2.34. The van der Waals surface area contributed by atoms with Crippen LogP contribution in [-0.4, -0.2) is 44.3 Å². The van der Waals surface area contributed by atoms with Crippen LogP contribution in [-0.2, 0) is 32.6 Å². The molecule has 0 radical (unpaired) electrons. The normalized spacial score (nSPS) is 11.9. The second-order valence-corrected chi connectivity index (χ2v) is 13.4. The molecule has 4 aromatic carbocycles. The van der Waals surface area contributed by atoms with Crippen molar-refractivity contribution in [3.05, 3.63) is 129 Å². The SMILES string of the molecule is CCCNC(=O)[C@H](Cc1ccccc1)N(Cc1ccc(C)cc1)C(=O)CN(c1ccc(I)cc1)S(=O)(=O)c1ccccc1. The molecule has 9 heteroatoms. The fourth-order valence-electron chi connectivity index (χ4n) is 4.67. The number of hydrogen-bond acceptors (Lipinski definition) is 4. The van der Waals surface area contributed by atoms with E-state index in [1.54, 1.807) is 42.5 Å². The quantitative estimate of drug-likeness (QED) is 0.174. The summed E-state index contributed by atoms with van der Waals surface area (Å²) in [4.78, 5) is 29.7. The molecule has 0 aliphatic rings. The van der Waals surface area contributed by atoms with E-state index in [0.29, 0.717) is 12.2 Å². The summed E-state index contributed by atoms with van der Waals surface area (Å²) in [7, 11) is -4.11. The summed E-state index contributed by atoms with van der Waals surface area (Å²) in [5.74, 6) is -0.760. The van der Waals surface area contributed by atoms with E-state index in [-0.39, 0.29) is 23.8 Å². The number of nitrogens with zero attached hydrogens (tertiary/aromatic N) is 2. The predicted octanol–water partition coefficient (Wildman–Crippen LogP) is 5.96. The first-order valence-electron chi connectivity index (χ1n) is 14.2. The van der Waals surface area contributed by atoms with Gasteiger partial charge in [0.25, 0.3) is 10.0 Å². The standard InChI is InChI=1S/C34H36IN3O4S/c1-3-22-36-34(40)32(23-27-10-6-4-7-11-27)37(24-28-16-14-26(2)15-17-28)33(39)25-38(30-20-18-29(35)19-21-30)43(41,42)31-12-8-5-9-13-31/h4-21,32H,3,22-25H2,1-2H3,(H,36,40)/t32-/m0/s1. The van der Waals surface area contributed by atoms with E-state index >= 15 is 0 Å². The maximum absolute atomic E-state index is 14.4. The molecule has 7 nitrogen and oxygen atoms in total. The van der Waals surface area contributed by atoms with Crippen molar-refractivity contribution in [2.75, 3.05) is 17.4 Å². The lowest BCUT2D eigenvalue weighted by molar-refractivity contribution is -0.140. The van der Waals surface area contributed by atoms with Gasteiger partial charge in [-0.15, -0.1) is 0 Å².